The van der Waals surface area contributed by atoms with Gasteiger partial charge < -0.3 is 48.7 Å². The minimum atomic E-state index is -2.45. The summed E-state index contributed by atoms with van der Waals surface area (Å²) < 4.78 is 63.5. The number of aromatic amines is 2. The number of hydrogen-bond donors (Lipinski definition) is 5. The summed E-state index contributed by atoms with van der Waals surface area (Å²) in [7, 11) is 8.82. The van der Waals surface area contributed by atoms with Crippen molar-refractivity contribution in [1.82, 2.24) is 117 Å². The molecule has 5 N–H and O–H groups in total. The van der Waals surface area contributed by atoms with Crippen LogP contribution in [0.15, 0.2) is 161 Å². The van der Waals surface area contributed by atoms with E-state index in [9.17, 15) is 24.9 Å². The summed E-state index contributed by atoms with van der Waals surface area (Å²) in [5, 5.41) is 111. The van der Waals surface area contributed by atoms with Gasteiger partial charge in [0.25, 0.3) is 0 Å². The van der Waals surface area contributed by atoms with Crippen LogP contribution in [0.4, 0.5) is 10.1 Å². The van der Waals surface area contributed by atoms with Gasteiger partial charge in [-0.25, -0.2) is 14.0 Å². The molecule has 0 radical (unpaired) electrons. The van der Waals surface area contributed by atoms with Crippen LogP contribution in [0.25, 0.3) is 65.6 Å². The first-order valence-corrected chi connectivity index (χ1v) is 43.1. The average molecular weight is 1700 g/mol. The van der Waals surface area contributed by atoms with E-state index in [1.807, 2.05) is 118 Å². The molecule has 116 heavy (non-hydrogen) atoms. The summed E-state index contributed by atoms with van der Waals surface area (Å²) in [4.78, 5) is 13.8. The monoisotopic (exact) mass is 1700 g/mol. The molecule has 0 unspecified atom stereocenters. The minimum absolute atomic E-state index is 0. The van der Waals surface area contributed by atoms with Gasteiger partial charge in [0.15, 0.2) is 19.8 Å². The normalized spacial score (nSPS) is 10.5. The van der Waals surface area contributed by atoms with Gasteiger partial charge in [-0.2, -0.15) is 20.1 Å². The molecule has 15 rings (SSSR count). The van der Waals surface area contributed by atoms with E-state index in [-0.39, 0.29) is 33.0 Å². The number of tetrazole rings is 2. The number of phenolic OH excluding ortho intramolecular Hbond substituents is 1. The maximum Gasteiger partial charge on any atom is 0.305 e. The Morgan fingerprint density at radius 1 is 0.509 bits per heavy atom. The number of aromatic nitrogens is 23. The van der Waals surface area contributed by atoms with Crippen LogP contribution in [0.3, 0.4) is 0 Å². The SMILES string of the molecule is C.CCC[CH2][Sn]([CH2]CCC)([CH2]CCC)[N]=[N+]=[N-].COc1ccc(COc2ccc3c(c2)nnn3C)cc1.COc1ccc(COc2ccc3c(c2)nnn3O)cc1.Cn1nnc2cc(OCC#N)ccc21.Cn1nnc2cc(OCc3nn[nH]n3)ccc21.O=[N+]([O-])c1ccc(O)cc1F.On1nnc2cc(OCc3nn[nH]n3)ccc21. The van der Waals surface area contributed by atoms with E-state index in [1.165, 1.54) is 51.8 Å². The van der Waals surface area contributed by atoms with Crippen LogP contribution >= 0.6 is 0 Å². The predicted molar refractivity (Wildman–Crippen MR) is 423 cm³/mol. The van der Waals surface area contributed by atoms with Crippen LogP contribution < -0.4 is 33.2 Å². The van der Waals surface area contributed by atoms with Gasteiger partial charge in [0.05, 0.1) is 35.7 Å². The summed E-state index contributed by atoms with van der Waals surface area (Å²) in [6.45, 7) is 8.16. The minimum Gasteiger partial charge on any atom is -0.508 e. The Balaban J connectivity index is 0.000000170. The summed E-state index contributed by atoms with van der Waals surface area (Å²) in [6.07, 6.45) is 7.50. The van der Waals surface area contributed by atoms with E-state index in [2.05, 4.69) is 122 Å². The van der Waals surface area contributed by atoms with Crippen LogP contribution in [0, 0.1) is 27.3 Å². The molecule has 7 aromatic heterocycles. The second-order valence-electron chi connectivity index (χ2n) is 24.9. The van der Waals surface area contributed by atoms with Crippen LogP contribution in [0.1, 0.15) is 89.5 Å². The standard InChI is InChI=1S/C15H15N3O2.C14H13N3O3.C9H9N7O.C9H8N4O.C8H7N7O2.C6H4FNO3.3C4H9.CH4.N3.Sn/c1-18-15-8-7-13(9-14(15)16-17-18)20-10-11-3-5-12(19-2)6-4-11;1-19-11-4-2-10(3-5-11)9-20-12-6-7-14-13(8-12)15-16-17(14)18;1-16-8-3-2-6(4-7(8)10-15-16)17-5-9-11-13-14-12-9;1-13-9-3-2-7(14-5-4-10)6-8(9)11-12-13;16-15-7-2-1-5(3-6(7)9-14-15)17-4-8-10-12-13-11-8;7-5-3-4(9)1-2-6(5)8(10)11;3*1-3-4-2;;1-3-2;/h3-9H,10H2,1-2H3;2-8,18H,9H2,1H3;2-4H,5H2,1H3,(H,11,12,13,14);2-3,6H,5H2,1H3;1-3,16H,4H2,(H,10,11,12,13);1-3,9H;3*1,3-4H2,2H3;1H4;;/q;;;;;;;;;;-1;+1. The van der Waals surface area contributed by atoms with Crippen LogP contribution in [-0.4, -0.2) is 176 Å². The number of fused-ring (bicyclic) bond motifs is 5. The number of nitro benzene ring substituents is 1. The van der Waals surface area contributed by atoms with E-state index in [0.29, 0.717) is 80.8 Å². The molecule has 40 nitrogen and oxygen atoms in total. The molecular weight excluding hydrogens is 1610 g/mol. The number of rotatable bonds is 27. The average Bonchev–Trinajstić information content (AvgIpc) is 1.71. The van der Waals surface area contributed by atoms with Gasteiger partial charge in [0.1, 0.15) is 104 Å². The number of nitro groups is 1. The van der Waals surface area contributed by atoms with E-state index in [4.69, 9.17) is 49.1 Å². The molecule has 42 heteroatoms. The molecule has 8 aromatic carbocycles. The molecule has 0 aliphatic heterocycles. The fourth-order valence-corrected chi connectivity index (χ4v) is 22.9. The largest absolute Gasteiger partial charge is 0.508 e. The number of aromatic hydroxyl groups is 1. The molecular formula is C74H87FN28O12Sn. The molecule has 7 heterocycles. The fraction of sp³-hybridized carbons (Fsp3) is 0.311. The van der Waals surface area contributed by atoms with Crippen molar-refractivity contribution in [1.29, 1.82) is 5.26 Å². The quantitative estimate of drug-likeness (QED) is 0.00607. The Morgan fingerprint density at radius 2 is 0.853 bits per heavy atom. The third-order valence-corrected chi connectivity index (χ3v) is 29.3. The number of phenols is 1. The number of azide groups is 1. The first-order chi connectivity index (χ1) is 55.8. The molecule has 0 fully saturated rings. The summed E-state index contributed by atoms with van der Waals surface area (Å²) in [6, 6.07) is 47.0. The van der Waals surface area contributed by atoms with Crippen molar-refractivity contribution in [2.24, 2.45) is 24.5 Å². The molecule has 0 aliphatic rings. The van der Waals surface area contributed by atoms with Crippen molar-refractivity contribution in [3.05, 3.63) is 207 Å². The van der Waals surface area contributed by atoms with Crippen molar-refractivity contribution >= 4 is 79.5 Å². The number of nitrogens with zero attached hydrogens (tertiary/aromatic N) is 26. The number of ether oxygens (including phenoxy) is 7. The number of halogens is 1. The number of aryl methyl sites for hydroxylation is 3. The molecule has 0 saturated carbocycles. The van der Waals surface area contributed by atoms with Gasteiger partial charge in [-0.15, -0.1) is 45.9 Å². The second kappa shape index (κ2) is 44.8. The number of nitrogens with one attached hydrogen (secondary N) is 2. The summed E-state index contributed by atoms with van der Waals surface area (Å²) in [5.41, 5.74) is 17.8. The van der Waals surface area contributed by atoms with Gasteiger partial charge in [-0.3, -0.25) is 10.1 Å². The molecule has 15 aromatic rings. The molecule has 0 amide bonds. The van der Waals surface area contributed by atoms with E-state index < -0.39 is 35.1 Å². The molecule has 0 spiro atoms. The van der Waals surface area contributed by atoms with E-state index in [0.717, 1.165) is 78.5 Å². The fourth-order valence-electron chi connectivity index (χ4n) is 10.7. The van der Waals surface area contributed by atoms with Gasteiger partial charge >= 0.3 is 111 Å². The molecule has 606 valence electrons. The third-order valence-electron chi connectivity index (χ3n) is 16.9. The van der Waals surface area contributed by atoms with Gasteiger partial charge in [-0.05, 0) is 113 Å². The van der Waals surface area contributed by atoms with Crippen LogP contribution in [-0.2, 0) is 47.6 Å². The number of nitriles is 1. The second-order valence-corrected chi connectivity index (χ2v) is 36.8. The summed E-state index contributed by atoms with van der Waals surface area (Å²) >= 11 is -2.45. The maximum atomic E-state index is 12.5. The van der Waals surface area contributed by atoms with E-state index >= 15 is 0 Å². The zero-order chi connectivity index (χ0) is 81.9. The Morgan fingerprint density at radius 3 is 1.18 bits per heavy atom. The predicted octanol–water partition coefficient (Wildman–Crippen LogP) is 13.2. The number of H-pyrrole nitrogens is 2. The number of hydrogen-bond acceptors (Lipinski definition) is 30. The van der Waals surface area contributed by atoms with Crippen molar-refractivity contribution in [3.8, 4) is 52.1 Å². The smallest absolute Gasteiger partial charge is 0.305 e. The Hall–Kier alpha value is -14.2. The topological polar surface area (TPSA) is 503 Å². The van der Waals surface area contributed by atoms with Crippen molar-refractivity contribution in [3.63, 3.8) is 0 Å². The number of benzene rings is 8. The first-order valence-electron chi connectivity index (χ1n) is 35.7. The molecule has 0 aliphatic carbocycles. The van der Waals surface area contributed by atoms with Crippen molar-refractivity contribution < 1.29 is 58.0 Å². The van der Waals surface area contributed by atoms with E-state index in [1.54, 1.807) is 76.8 Å². The third kappa shape index (κ3) is 26.0. The Labute approximate surface area is 666 Å². The maximum absolute atomic E-state index is 12.5. The molecule has 0 atom stereocenters. The van der Waals surface area contributed by atoms with Crippen molar-refractivity contribution in [2.45, 2.75) is 106 Å². The Kier molecular flexibility index (Phi) is 33.7. The first kappa shape index (κ1) is 87.4. The van der Waals surface area contributed by atoms with Gasteiger partial charge in [-0.1, -0.05) is 67.4 Å². The number of unbranched alkanes of at least 4 members (excludes halogenated alkanes) is 3. The molecule has 0 bridgehead atoms. The zero-order valence-electron chi connectivity index (χ0n) is 63.9. The van der Waals surface area contributed by atoms with Gasteiger partial charge in [0, 0.05) is 63.6 Å². The van der Waals surface area contributed by atoms with Crippen LogP contribution in [0.2, 0.25) is 13.3 Å². The van der Waals surface area contributed by atoms with Crippen molar-refractivity contribution in [2.75, 3.05) is 20.8 Å². The summed E-state index contributed by atoms with van der Waals surface area (Å²) in [5.74, 6) is 4.64. The van der Waals surface area contributed by atoms with Crippen LogP contribution in [0.5, 0.6) is 46.0 Å². The van der Waals surface area contributed by atoms with Gasteiger partial charge in [0.2, 0.25) is 17.5 Å². The molecule has 0 saturated heterocycles. The Bertz CT molecular complexity index is 5340. The zero-order valence-corrected chi connectivity index (χ0v) is 66.8. The number of methoxy groups -OCH3 is 2.